The van der Waals surface area contributed by atoms with Gasteiger partial charge in [0.15, 0.2) is 11.5 Å². The number of hydrogen-bond acceptors (Lipinski definition) is 4. The Labute approximate surface area is 171 Å². The fraction of sp³-hybridized carbons (Fsp3) is 0.208. The fourth-order valence-electron chi connectivity index (χ4n) is 2.78. The van der Waals surface area contributed by atoms with Crippen LogP contribution in [-0.4, -0.2) is 19.1 Å². The van der Waals surface area contributed by atoms with Crippen LogP contribution in [0, 0.1) is 0 Å². The lowest BCUT2D eigenvalue weighted by Gasteiger charge is -2.14. The number of carbonyl (C=O) groups excluding carboxylic acids is 1. The number of hydrogen-bond donors (Lipinski definition) is 1. The van der Waals surface area contributed by atoms with Crippen LogP contribution >= 0.6 is 0 Å². The van der Waals surface area contributed by atoms with E-state index in [4.69, 9.17) is 14.2 Å². The average Bonchev–Trinajstić information content (AvgIpc) is 2.75. The number of carbonyl (C=O) groups is 1. The van der Waals surface area contributed by atoms with Crippen LogP contribution in [0.3, 0.4) is 0 Å². The van der Waals surface area contributed by atoms with E-state index in [9.17, 15) is 4.79 Å². The molecule has 0 heterocycles. The van der Waals surface area contributed by atoms with Crippen LogP contribution in [0.25, 0.3) is 0 Å². The number of amides is 1. The Morgan fingerprint density at radius 1 is 0.793 bits per heavy atom. The van der Waals surface area contributed by atoms with Crippen LogP contribution in [0.15, 0.2) is 72.8 Å². The summed E-state index contributed by atoms with van der Waals surface area (Å²) in [6, 6.07) is 22.4. The van der Waals surface area contributed by atoms with Crippen molar-refractivity contribution in [3.05, 3.63) is 83.9 Å². The third-order valence-electron chi connectivity index (χ3n) is 4.17. The molecule has 3 aromatic carbocycles. The maximum absolute atomic E-state index is 12.6. The highest BCUT2D eigenvalue weighted by Gasteiger charge is 2.12. The van der Waals surface area contributed by atoms with Crippen molar-refractivity contribution in [2.75, 3.05) is 18.5 Å². The molecule has 0 fully saturated rings. The zero-order valence-corrected chi connectivity index (χ0v) is 16.7. The molecule has 5 nitrogen and oxygen atoms in total. The van der Waals surface area contributed by atoms with Gasteiger partial charge >= 0.3 is 0 Å². The molecule has 0 radical (unpaired) electrons. The second-order valence-electron chi connectivity index (χ2n) is 6.28. The Morgan fingerprint density at radius 3 is 2.21 bits per heavy atom. The molecule has 3 rings (SSSR count). The third-order valence-corrected chi connectivity index (χ3v) is 4.17. The Kier molecular flexibility index (Phi) is 7.11. The van der Waals surface area contributed by atoms with E-state index in [2.05, 4.69) is 5.32 Å². The standard InChI is InChI=1S/C24H25NO4/c1-3-27-21-13-11-20(12-14-21)25-24(26)19-10-15-22(23(16-19)28-4-2)29-17-18-8-6-5-7-9-18/h5-16H,3-4,17H2,1-2H3,(H,25,26). The van der Waals surface area contributed by atoms with Crippen LogP contribution in [0.1, 0.15) is 29.8 Å². The Hall–Kier alpha value is -3.47. The van der Waals surface area contributed by atoms with E-state index in [-0.39, 0.29) is 5.91 Å². The summed E-state index contributed by atoms with van der Waals surface area (Å²) >= 11 is 0. The summed E-state index contributed by atoms with van der Waals surface area (Å²) in [7, 11) is 0. The molecule has 0 saturated heterocycles. The lowest BCUT2D eigenvalue weighted by atomic mass is 10.1. The quantitative estimate of drug-likeness (QED) is 0.537. The number of benzene rings is 3. The van der Waals surface area contributed by atoms with Gasteiger partial charge in [0, 0.05) is 11.3 Å². The first kappa shape index (κ1) is 20.3. The highest BCUT2D eigenvalue weighted by Crippen LogP contribution is 2.30. The van der Waals surface area contributed by atoms with Gasteiger partial charge in [-0.25, -0.2) is 0 Å². The molecule has 29 heavy (non-hydrogen) atoms. The lowest BCUT2D eigenvalue weighted by molar-refractivity contribution is 0.102. The van der Waals surface area contributed by atoms with Gasteiger partial charge in [-0.15, -0.1) is 0 Å². The van der Waals surface area contributed by atoms with Crippen molar-refractivity contribution >= 4 is 11.6 Å². The van der Waals surface area contributed by atoms with Gasteiger partial charge in [-0.05, 0) is 61.9 Å². The van der Waals surface area contributed by atoms with Crippen LogP contribution in [0.2, 0.25) is 0 Å². The molecule has 1 amide bonds. The summed E-state index contributed by atoms with van der Waals surface area (Å²) < 4.78 is 17.0. The van der Waals surface area contributed by atoms with Crippen molar-refractivity contribution < 1.29 is 19.0 Å². The fourth-order valence-corrected chi connectivity index (χ4v) is 2.78. The van der Waals surface area contributed by atoms with Gasteiger partial charge in [0.05, 0.1) is 13.2 Å². The van der Waals surface area contributed by atoms with E-state index in [1.807, 2.05) is 68.4 Å². The van der Waals surface area contributed by atoms with Crippen LogP contribution < -0.4 is 19.5 Å². The highest BCUT2D eigenvalue weighted by molar-refractivity contribution is 6.04. The van der Waals surface area contributed by atoms with Crippen molar-refractivity contribution in [3.8, 4) is 17.2 Å². The van der Waals surface area contributed by atoms with Gasteiger partial charge in [0.1, 0.15) is 12.4 Å². The van der Waals surface area contributed by atoms with E-state index < -0.39 is 0 Å². The first-order chi connectivity index (χ1) is 14.2. The largest absolute Gasteiger partial charge is 0.494 e. The molecule has 0 atom stereocenters. The SMILES string of the molecule is CCOc1ccc(NC(=O)c2ccc(OCc3ccccc3)c(OCC)c2)cc1. The molecule has 0 saturated carbocycles. The van der Waals surface area contributed by atoms with Crippen molar-refractivity contribution in [2.45, 2.75) is 20.5 Å². The van der Waals surface area contributed by atoms with E-state index in [0.717, 1.165) is 11.3 Å². The lowest BCUT2D eigenvalue weighted by Crippen LogP contribution is -2.12. The minimum atomic E-state index is -0.218. The van der Waals surface area contributed by atoms with E-state index in [1.54, 1.807) is 18.2 Å². The maximum atomic E-state index is 12.6. The second kappa shape index (κ2) is 10.2. The molecule has 0 aliphatic heterocycles. The minimum absolute atomic E-state index is 0.218. The molecule has 3 aromatic rings. The summed E-state index contributed by atoms with van der Waals surface area (Å²) in [4.78, 5) is 12.6. The van der Waals surface area contributed by atoms with Gasteiger partial charge in [0.25, 0.3) is 5.91 Å². The van der Waals surface area contributed by atoms with E-state index in [1.165, 1.54) is 0 Å². The molecule has 0 aliphatic carbocycles. The van der Waals surface area contributed by atoms with Crippen molar-refractivity contribution in [2.24, 2.45) is 0 Å². The number of ether oxygens (including phenoxy) is 3. The molecule has 150 valence electrons. The van der Waals surface area contributed by atoms with Gasteiger partial charge in [-0.1, -0.05) is 30.3 Å². The van der Waals surface area contributed by atoms with E-state index >= 15 is 0 Å². The Morgan fingerprint density at radius 2 is 1.52 bits per heavy atom. The van der Waals surface area contributed by atoms with E-state index in [0.29, 0.717) is 42.6 Å². The van der Waals surface area contributed by atoms with Crippen LogP contribution in [-0.2, 0) is 6.61 Å². The van der Waals surface area contributed by atoms with Gasteiger partial charge < -0.3 is 19.5 Å². The molecule has 0 bridgehead atoms. The summed E-state index contributed by atoms with van der Waals surface area (Å²) in [5.41, 5.74) is 2.25. The van der Waals surface area contributed by atoms with Gasteiger partial charge in [-0.3, -0.25) is 4.79 Å². The van der Waals surface area contributed by atoms with Crippen molar-refractivity contribution in [3.63, 3.8) is 0 Å². The number of anilines is 1. The zero-order valence-electron chi connectivity index (χ0n) is 16.7. The molecular weight excluding hydrogens is 366 g/mol. The maximum Gasteiger partial charge on any atom is 0.255 e. The summed E-state index contributed by atoms with van der Waals surface area (Å²) in [6.07, 6.45) is 0. The highest BCUT2D eigenvalue weighted by atomic mass is 16.5. The monoisotopic (exact) mass is 391 g/mol. The normalized spacial score (nSPS) is 10.3. The molecule has 5 heteroatoms. The first-order valence-electron chi connectivity index (χ1n) is 9.67. The first-order valence-corrected chi connectivity index (χ1v) is 9.67. The van der Waals surface area contributed by atoms with Crippen molar-refractivity contribution in [1.29, 1.82) is 0 Å². The second-order valence-corrected chi connectivity index (χ2v) is 6.28. The summed E-state index contributed by atoms with van der Waals surface area (Å²) in [5, 5.41) is 2.88. The molecular formula is C24H25NO4. The van der Waals surface area contributed by atoms with Gasteiger partial charge in [0.2, 0.25) is 0 Å². The smallest absolute Gasteiger partial charge is 0.255 e. The molecule has 0 aromatic heterocycles. The predicted octanol–water partition coefficient (Wildman–Crippen LogP) is 5.32. The summed E-state index contributed by atoms with van der Waals surface area (Å²) in [5.74, 6) is 1.70. The van der Waals surface area contributed by atoms with Crippen molar-refractivity contribution in [1.82, 2.24) is 0 Å². The Balaban J connectivity index is 1.70. The Bertz CT molecular complexity index is 923. The molecule has 0 unspecified atom stereocenters. The summed E-state index contributed by atoms with van der Waals surface area (Å²) in [6.45, 7) is 5.33. The number of rotatable bonds is 9. The molecule has 0 spiro atoms. The number of nitrogens with one attached hydrogen (secondary N) is 1. The van der Waals surface area contributed by atoms with Crippen LogP contribution in [0.4, 0.5) is 5.69 Å². The average molecular weight is 391 g/mol. The zero-order chi connectivity index (χ0) is 20.5. The topological polar surface area (TPSA) is 56.8 Å². The van der Waals surface area contributed by atoms with Crippen LogP contribution in [0.5, 0.6) is 17.2 Å². The van der Waals surface area contributed by atoms with Gasteiger partial charge in [-0.2, -0.15) is 0 Å². The predicted molar refractivity (Wildman–Crippen MR) is 114 cm³/mol. The third kappa shape index (κ3) is 5.75. The molecule has 0 aliphatic rings. The minimum Gasteiger partial charge on any atom is -0.494 e. The molecule has 1 N–H and O–H groups in total.